The van der Waals surface area contributed by atoms with E-state index < -0.39 is 29.8 Å². The van der Waals surface area contributed by atoms with Gasteiger partial charge in [0, 0.05) is 26.4 Å². The quantitative estimate of drug-likeness (QED) is 0.0452. The minimum absolute atomic E-state index is 0. The van der Waals surface area contributed by atoms with Crippen molar-refractivity contribution in [2.45, 2.75) is 14.7 Å². The summed E-state index contributed by atoms with van der Waals surface area (Å²) in [4.78, 5) is 57.8. The lowest BCUT2D eigenvalue weighted by molar-refractivity contribution is -0.0000827. The van der Waals surface area contributed by atoms with Gasteiger partial charge in [-0.1, -0.05) is 82.3 Å². The summed E-state index contributed by atoms with van der Waals surface area (Å²) in [5, 5.41) is 52.0. The van der Waals surface area contributed by atoms with E-state index in [1.165, 1.54) is 58.0 Å². The van der Waals surface area contributed by atoms with Gasteiger partial charge in [0.05, 0.1) is 22.3 Å². The Bertz CT molecular complexity index is 1960. The standard InChI is InChI=1S/C14H10O4S2.C7H4N2O2.C7H7NO2.C7H6O2S.ClH/c15-13(16)9-5-1-3-7-11(9)19-20-12-8-4-2-6-10(12)14(17)18;8-9-6-4-2-1-3-5(6)7(10)11;8-6-4-2-1-3-5(6)7(9)10;8-7(9)5-3-1-2-4-6(5)10;/h1-8H,(H,15,16)(H,17,18);1-4H;1-4H,8H2,(H,9,10);1-4,10H,(H,8,9);1H. The molecule has 0 unspecified atom stereocenters. The van der Waals surface area contributed by atoms with Crippen LogP contribution in [0.1, 0.15) is 51.8 Å². The monoisotopic (exact) mass is 781 g/mol. The number of para-hydroxylation sites is 1. The lowest BCUT2D eigenvalue weighted by atomic mass is 10.2. The van der Waals surface area contributed by atoms with Gasteiger partial charge in [0.25, 0.3) is 0 Å². The van der Waals surface area contributed by atoms with Crippen LogP contribution < -0.4 is 18.1 Å². The number of anilines is 1. The molecule has 5 aromatic carbocycles. The maximum atomic E-state index is 11.1. The lowest BCUT2D eigenvalue weighted by Gasteiger charge is -2.06. The summed E-state index contributed by atoms with van der Waals surface area (Å²) in [5.41, 5.74) is 6.52. The van der Waals surface area contributed by atoms with Gasteiger partial charge in [-0.05, 0) is 54.6 Å². The summed E-state index contributed by atoms with van der Waals surface area (Å²) in [6.45, 7) is 0. The molecule has 0 aliphatic rings. The molecular formula is C35H28ClN3O10S3. The molecule has 268 valence electrons. The van der Waals surface area contributed by atoms with Crippen molar-refractivity contribution in [2.75, 3.05) is 5.73 Å². The van der Waals surface area contributed by atoms with Crippen LogP contribution in [-0.4, -0.2) is 55.4 Å². The number of carboxylic acids is 5. The summed E-state index contributed by atoms with van der Waals surface area (Å²) in [7, 11) is 2.47. The zero-order valence-electron chi connectivity index (χ0n) is 26.4. The molecular weight excluding hydrogens is 754 g/mol. The first-order chi connectivity index (χ1) is 24.3. The van der Waals surface area contributed by atoms with E-state index in [1.54, 1.807) is 84.9 Å². The van der Waals surface area contributed by atoms with E-state index >= 15 is 0 Å². The van der Waals surface area contributed by atoms with Crippen molar-refractivity contribution in [2.24, 2.45) is 0 Å². The number of carboxylic acid groups (broad SMARTS) is 5. The van der Waals surface area contributed by atoms with Crippen LogP contribution in [0.4, 0.5) is 11.4 Å². The highest BCUT2D eigenvalue weighted by atomic mass is 35.5. The van der Waals surface area contributed by atoms with E-state index in [0.29, 0.717) is 20.4 Å². The summed E-state index contributed by atoms with van der Waals surface area (Å²) >= 11 is 3.96. The zero-order chi connectivity index (χ0) is 37.9. The Morgan fingerprint density at radius 3 is 1.15 bits per heavy atom. The number of carbonyl (C=O) groups is 5. The van der Waals surface area contributed by atoms with Gasteiger partial charge in [-0.2, -0.15) is 0 Å². The molecule has 5 aromatic rings. The van der Waals surface area contributed by atoms with Gasteiger partial charge in [-0.3, -0.25) is 0 Å². The Morgan fingerprint density at radius 1 is 0.500 bits per heavy atom. The van der Waals surface area contributed by atoms with Crippen molar-refractivity contribution < 1.29 is 61.9 Å². The second kappa shape index (κ2) is 22.7. The predicted molar refractivity (Wildman–Crippen MR) is 195 cm³/mol. The van der Waals surface area contributed by atoms with Crippen LogP contribution >= 0.6 is 34.2 Å². The SMILES string of the molecule is N#[N+]c1ccccc1C(=O)O.Nc1ccccc1C(=O)O.O=C(O)c1ccccc1S.O=C(O)c1ccccc1SSc1ccccc1C(=O)O.[Cl-]. The van der Waals surface area contributed by atoms with Crippen molar-refractivity contribution in [1.29, 1.82) is 5.39 Å². The number of nitrogens with zero attached hydrogens (tertiary/aromatic N) is 2. The first-order valence-corrected chi connectivity index (χ1v) is 16.6. The Kier molecular flexibility index (Phi) is 19.2. The van der Waals surface area contributed by atoms with Crippen molar-refractivity contribution in [3.63, 3.8) is 0 Å². The second-order valence-corrected chi connectivity index (χ2v) is 12.1. The molecule has 0 saturated carbocycles. The van der Waals surface area contributed by atoms with Crippen LogP contribution in [-0.2, 0) is 0 Å². The number of benzene rings is 5. The Morgan fingerprint density at radius 2 is 0.827 bits per heavy atom. The van der Waals surface area contributed by atoms with Crippen LogP contribution in [0.15, 0.2) is 136 Å². The average molecular weight is 782 g/mol. The fourth-order valence-electron chi connectivity index (χ4n) is 3.61. The van der Waals surface area contributed by atoms with E-state index in [2.05, 4.69) is 17.6 Å². The third kappa shape index (κ3) is 14.1. The smallest absolute Gasteiger partial charge is 0.399 e. The van der Waals surface area contributed by atoms with Crippen molar-refractivity contribution in [3.8, 4) is 0 Å². The summed E-state index contributed by atoms with van der Waals surface area (Å²) in [6.07, 6.45) is 0. The van der Waals surface area contributed by atoms with E-state index in [9.17, 15) is 24.0 Å². The van der Waals surface area contributed by atoms with Crippen molar-refractivity contribution in [3.05, 3.63) is 154 Å². The number of hydrogen-bond donors (Lipinski definition) is 7. The van der Waals surface area contributed by atoms with Gasteiger partial charge >= 0.3 is 35.5 Å². The Hall–Kier alpha value is -5.99. The van der Waals surface area contributed by atoms with E-state index in [-0.39, 0.29) is 45.9 Å². The van der Waals surface area contributed by atoms with Crippen LogP contribution in [0.2, 0.25) is 0 Å². The highest BCUT2D eigenvalue weighted by Crippen LogP contribution is 2.40. The van der Waals surface area contributed by atoms with E-state index in [4.69, 9.17) is 36.7 Å². The molecule has 13 nitrogen and oxygen atoms in total. The summed E-state index contributed by atoms with van der Waals surface area (Å²) in [5.74, 6) is -5.03. The molecule has 0 heterocycles. The largest absolute Gasteiger partial charge is 1.00 e. The number of rotatable bonds is 8. The lowest BCUT2D eigenvalue weighted by Crippen LogP contribution is -3.00. The van der Waals surface area contributed by atoms with Gasteiger partial charge in [-0.15, -0.1) is 12.6 Å². The normalized spacial score (nSPS) is 9.31. The molecule has 0 aromatic heterocycles. The van der Waals surface area contributed by atoms with Gasteiger partial charge in [0.1, 0.15) is 0 Å². The Labute approximate surface area is 316 Å². The number of diazo groups is 1. The summed E-state index contributed by atoms with van der Waals surface area (Å²) < 4.78 is 0. The zero-order valence-corrected chi connectivity index (χ0v) is 29.7. The Balaban J connectivity index is 0.000000364. The molecule has 52 heavy (non-hydrogen) atoms. The van der Waals surface area contributed by atoms with Crippen molar-refractivity contribution >= 4 is 75.4 Å². The first-order valence-electron chi connectivity index (χ1n) is 14.0. The van der Waals surface area contributed by atoms with Gasteiger partial charge in [0.15, 0.2) is 10.5 Å². The molecule has 0 aliphatic heterocycles. The molecule has 0 radical (unpaired) electrons. The number of nitrogen functional groups attached to an aromatic ring is 1. The minimum atomic E-state index is -1.10. The van der Waals surface area contributed by atoms with Crippen LogP contribution in [0.25, 0.3) is 4.98 Å². The molecule has 0 amide bonds. The summed E-state index contributed by atoms with van der Waals surface area (Å²) in [6, 6.07) is 32.2. The maximum Gasteiger partial charge on any atom is 0.399 e. The molecule has 0 spiro atoms. The van der Waals surface area contributed by atoms with Gasteiger partial charge in [0.2, 0.25) is 5.39 Å². The number of nitrogens with two attached hydrogens (primary N) is 1. The average Bonchev–Trinajstić information content (AvgIpc) is 3.11. The van der Waals surface area contributed by atoms with Crippen molar-refractivity contribution in [1.82, 2.24) is 0 Å². The minimum Gasteiger partial charge on any atom is -1.00 e. The van der Waals surface area contributed by atoms with Crippen LogP contribution in [0.3, 0.4) is 0 Å². The molecule has 0 aliphatic carbocycles. The third-order valence-corrected chi connectivity index (χ3v) is 8.90. The number of halogens is 1. The van der Waals surface area contributed by atoms with Crippen LogP contribution in [0, 0.1) is 5.39 Å². The number of aromatic carboxylic acids is 5. The second-order valence-electron chi connectivity index (χ2n) is 9.41. The molecule has 0 atom stereocenters. The molecule has 5 rings (SSSR count). The fraction of sp³-hybridized carbons (Fsp3) is 0. The van der Waals surface area contributed by atoms with E-state index in [1.807, 2.05) is 0 Å². The molecule has 0 bridgehead atoms. The molecule has 0 fully saturated rings. The number of thiol groups is 1. The predicted octanol–water partition coefficient (Wildman–Crippen LogP) is 5.40. The topological polar surface area (TPSA) is 241 Å². The highest BCUT2D eigenvalue weighted by molar-refractivity contribution is 8.76. The van der Waals surface area contributed by atoms with E-state index in [0.717, 1.165) is 0 Å². The van der Waals surface area contributed by atoms with Gasteiger partial charge in [-0.25, -0.2) is 24.0 Å². The first kappa shape index (κ1) is 44.0. The molecule has 0 saturated heterocycles. The number of hydrogen-bond acceptors (Lipinski definition) is 10. The molecule has 17 heteroatoms. The van der Waals surface area contributed by atoms with Gasteiger partial charge < -0.3 is 43.7 Å². The maximum absolute atomic E-state index is 11.1. The third-order valence-electron chi connectivity index (χ3n) is 6.02. The highest BCUT2D eigenvalue weighted by Gasteiger charge is 2.18. The van der Waals surface area contributed by atoms with Crippen LogP contribution in [0.5, 0.6) is 0 Å². The fourth-order valence-corrected chi connectivity index (χ4v) is 6.21. The molecule has 7 N–H and O–H groups in total.